The van der Waals surface area contributed by atoms with Gasteiger partial charge in [-0.3, -0.25) is 14.2 Å². The number of benzene rings is 1. The zero-order chi connectivity index (χ0) is 21.7. The smallest absolute Gasteiger partial charge is 0.333 e. The van der Waals surface area contributed by atoms with Crippen molar-refractivity contribution in [2.75, 3.05) is 42.3 Å². The number of carbonyl (C=O) groups is 1. The van der Waals surface area contributed by atoms with Gasteiger partial charge in [0.2, 0.25) is 5.91 Å². The molecule has 9 heteroatoms. The van der Waals surface area contributed by atoms with E-state index in [-0.39, 0.29) is 18.1 Å². The minimum Gasteiger partial charge on any atom is -0.383 e. The normalized spacial score (nSPS) is 14.0. The molecule has 0 saturated carbocycles. The Morgan fingerprint density at radius 1 is 1.17 bits per heavy atom. The van der Waals surface area contributed by atoms with Crippen LogP contribution in [0.5, 0.6) is 0 Å². The van der Waals surface area contributed by atoms with Crippen LogP contribution in [0.1, 0.15) is 25.8 Å². The fourth-order valence-electron chi connectivity index (χ4n) is 3.58. The van der Waals surface area contributed by atoms with Crippen LogP contribution in [0.25, 0.3) is 0 Å². The maximum Gasteiger partial charge on any atom is 0.333 e. The molecule has 1 aliphatic heterocycles. The van der Waals surface area contributed by atoms with Crippen LogP contribution in [0, 0.1) is 0 Å². The molecule has 1 aromatic carbocycles. The Balaban J connectivity index is 1.96. The van der Waals surface area contributed by atoms with E-state index in [9.17, 15) is 14.4 Å². The Hall–Kier alpha value is -3.07. The standard InChI is InChI=1S/C21H29N5O4/c1-3-8-25-19(22)18(24-9-11-30-12-10-24)20(28)26(21(25)29)14-17(27)23-16-7-5-6-15(4-2)13-16/h5-7,13H,3-4,8-12,14,22H2,1-2H3,(H,23,27). The summed E-state index contributed by atoms with van der Waals surface area (Å²) in [7, 11) is 0. The highest BCUT2D eigenvalue weighted by molar-refractivity contribution is 5.90. The van der Waals surface area contributed by atoms with Crippen LogP contribution >= 0.6 is 0 Å². The second kappa shape index (κ2) is 9.62. The van der Waals surface area contributed by atoms with Crippen LogP contribution in [0.2, 0.25) is 0 Å². The molecule has 162 valence electrons. The third-order valence-corrected chi connectivity index (χ3v) is 5.14. The summed E-state index contributed by atoms with van der Waals surface area (Å²) in [5, 5.41) is 2.77. The van der Waals surface area contributed by atoms with Gasteiger partial charge in [0.25, 0.3) is 5.56 Å². The third kappa shape index (κ3) is 4.56. The van der Waals surface area contributed by atoms with Crippen LogP contribution in [0.3, 0.4) is 0 Å². The molecule has 3 rings (SSSR count). The zero-order valence-electron chi connectivity index (χ0n) is 17.5. The van der Waals surface area contributed by atoms with E-state index < -0.39 is 17.2 Å². The van der Waals surface area contributed by atoms with Crippen LogP contribution in [-0.4, -0.2) is 41.3 Å². The molecule has 1 aromatic heterocycles. The maximum atomic E-state index is 13.2. The second-order valence-corrected chi connectivity index (χ2v) is 7.26. The first kappa shape index (κ1) is 21.6. The van der Waals surface area contributed by atoms with E-state index >= 15 is 0 Å². The molecule has 2 aromatic rings. The Bertz CT molecular complexity index is 1020. The number of rotatable bonds is 7. The summed E-state index contributed by atoms with van der Waals surface area (Å²) in [5.74, 6) is -0.302. The topological polar surface area (TPSA) is 112 Å². The monoisotopic (exact) mass is 415 g/mol. The van der Waals surface area contributed by atoms with Crippen LogP contribution in [0.4, 0.5) is 17.2 Å². The summed E-state index contributed by atoms with van der Waals surface area (Å²) < 4.78 is 7.70. The van der Waals surface area contributed by atoms with Gasteiger partial charge in [0.1, 0.15) is 18.1 Å². The highest BCUT2D eigenvalue weighted by Crippen LogP contribution is 2.18. The lowest BCUT2D eigenvalue weighted by Gasteiger charge is -2.30. The fraction of sp³-hybridized carbons (Fsp3) is 0.476. The van der Waals surface area contributed by atoms with Crippen molar-refractivity contribution >= 4 is 23.1 Å². The van der Waals surface area contributed by atoms with Gasteiger partial charge in [-0.25, -0.2) is 9.36 Å². The van der Waals surface area contributed by atoms with Gasteiger partial charge in [0.15, 0.2) is 0 Å². The minimum absolute atomic E-state index is 0.140. The molecule has 0 unspecified atom stereocenters. The molecule has 1 saturated heterocycles. The molecule has 0 bridgehead atoms. The van der Waals surface area contributed by atoms with Gasteiger partial charge in [-0.15, -0.1) is 0 Å². The molecule has 3 N–H and O–H groups in total. The molecule has 0 aliphatic carbocycles. The second-order valence-electron chi connectivity index (χ2n) is 7.26. The number of anilines is 3. The number of nitrogens with two attached hydrogens (primary N) is 1. The Morgan fingerprint density at radius 2 is 1.90 bits per heavy atom. The first-order valence-electron chi connectivity index (χ1n) is 10.3. The van der Waals surface area contributed by atoms with E-state index in [1.165, 1.54) is 4.57 Å². The van der Waals surface area contributed by atoms with Crippen molar-refractivity contribution in [3.8, 4) is 0 Å². The highest BCUT2D eigenvalue weighted by Gasteiger charge is 2.24. The summed E-state index contributed by atoms with van der Waals surface area (Å²) >= 11 is 0. The van der Waals surface area contributed by atoms with Gasteiger partial charge in [-0.05, 0) is 30.5 Å². The number of hydrogen-bond donors (Lipinski definition) is 2. The number of hydrogen-bond acceptors (Lipinski definition) is 6. The number of nitrogens with one attached hydrogen (secondary N) is 1. The van der Waals surface area contributed by atoms with Crippen molar-refractivity contribution < 1.29 is 9.53 Å². The van der Waals surface area contributed by atoms with Gasteiger partial charge in [0.05, 0.1) is 13.2 Å². The van der Waals surface area contributed by atoms with Crippen molar-refractivity contribution in [3.63, 3.8) is 0 Å². The number of amides is 1. The van der Waals surface area contributed by atoms with E-state index in [2.05, 4.69) is 5.32 Å². The summed E-state index contributed by atoms with van der Waals surface area (Å²) in [6.45, 7) is 5.87. The van der Waals surface area contributed by atoms with Crippen LogP contribution in [-0.2, 0) is 29.0 Å². The Morgan fingerprint density at radius 3 is 2.57 bits per heavy atom. The van der Waals surface area contributed by atoms with Gasteiger partial charge in [0, 0.05) is 25.3 Å². The largest absolute Gasteiger partial charge is 0.383 e. The number of carbonyl (C=O) groups excluding carboxylic acids is 1. The average Bonchev–Trinajstić information content (AvgIpc) is 2.75. The van der Waals surface area contributed by atoms with Gasteiger partial charge >= 0.3 is 5.69 Å². The molecule has 30 heavy (non-hydrogen) atoms. The van der Waals surface area contributed by atoms with Gasteiger partial charge < -0.3 is 20.7 Å². The molecule has 0 radical (unpaired) electrons. The number of nitrogen functional groups attached to an aromatic ring is 1. The number of aryl methyl sites for hydroxylation is 1. The quantitative estimate of drug-likeness (QED) is 0.699. The molecule has 1 aliphatic rings. The average molecular weight is 415 g/mol. The first-order valence-corrected chi connectivity index (χ1v) is 10.3. The molecule has 1 fully saturated rings. The molecule has 0 atom stereocenters. The molecular formula is C21H29N5O4. The molecule has 9 nitrogen and oxygen atoms in total. The number of nitrogens with zero attached hydrogens (tertiary/aromatic N) is 3. The summed E-state index contributed by atoms with van der Waals surface area (Å²) in [4.78, 5) is 40.6. The van der Waals surface area contributed by atoms with Crippen molar-refractivity contribution in [1.82, 2.24) is 9.13 Å². The summed E-state index contributed by atoms with van der Waals surface area (Å²) in [6.07, 6.45) is 1.51. The summed E-state index contributed by atoms with van der Waals surface area (Å²) in [6, 6.07) is 7.47. The molecular weight excluding hydrogens is 386 g/mol. The van der Waals surface area contributed by atoms with E-state index in [0.717, 1.165) is 16.6 Å². The first-order chi connectivity index (χ1) is 14.5. The molecule has 2 heterocycles. The SMILES string of the molecule is CCCn1c(N)c(N2CCOCC2)c(=O)n(CC(=O)Nc2cccc(CC)c2)c1=O. The van der Waals surface area contributed by atoms with E-state index in [0.29, 0.717) is 45.0 Å². The van der Waals surface area contributed by atoms with Gasteiger partial charge in [-0.1, -0.05) is 26.0 Å². The number of ether oxygens (including phenoxy) is 1. The predicted molar refractivity (Wildman–Crippen MR) is 117 cm³/mol. The lowest BCUT2D eigenvalue weighted by Crippen LogP contribution is -2.48. The zero-order valence-corrected chi connectivity index (χ0v) is 17.5. The van der Waals surface area contributed by atoms with Crippen LogP contribution < -0.4 is 27.2 Å². The van der Waals surface area contributed by atoms with Crippen molar-refractivity contribution in [2.45, 2.75) is 39.8 Å². The Labute approximate surface area is 175 Å². The van der Waals surface area contributed by atoms with Crippen molar-refractivity contribution in [3.05, 3.63) is 50.7 Å². The van der Waals surface area contributed by atoms with E-state index in [4.69, 9.17) is 10.5 Å². The Kier molecular flexibility index (Phi) is 6.94. The lowest BCUT2D eigenvalue weighted by molar-refractivity contribution is -0.116. The summed E-state index contributed by atoms with van der Waals surface area (Å²) in [5.41, 5.74) is 7.06. The van der Waals surface area contributed by atoms with Crippen LogP contribution in [0.15, 0.2) is 33.9 Å². The third-order valence-electron chi connectivity index (χ3n) is 5.14. The van der Waals surface area contributed by atoms with E-state index in [1.807, 2.05) is 36.9 Å². The van der Waals surface area contributed by atoms with E-state index in [1.54, 1.807) is 6.07 Å². The number of morpholine rings is 1. The van der Waals surface area contributed by atoms with Crippen molar-refractivity contribution in [2.24, 2.45) is 0 Å². The number of aromatic nitrogens is 2. The highest BCUT2D eigenvalue weighted by atomic mass is 16.5. The lowest BCUT2D eigenvalue weighted by atomic mass is 10.1. The van der Waals surface area contributed by atoms with Gasteiger partial charge in [-0.2, -0.15) is 0 Å². The maximum absolute atomic E-state index is 13.2. The molecule has 1 amide bonds. The minimum atomic E-state index is -0.575. The fourth-order valence-corrected chi connectivity index (χ4v) is 3.58. The van der Waals surface area contributed by atoms with Crippen molar-refractivity contribution in [1.29, 1.82) is 0 Å². The molecule has 0 spiro atoms. The predicted octanol–water partition coefficient (Wildman–Crippen LogP) is 1.04.